The monoisotopic (exact) mass is 461 g/mol. The molecule has 0 bridgehead atoms. The molecule has 1 aliphatic heterocycles. The summed E-state index contributed by atoms with van der Waals surface area (Å²) in [4.78, 5) is 8.29. The first-order chi connectivity index (χ1) is 15.7. The lowest BCUT2D eigenvalue weighted by atomic mass is 10.1. The van der Waals surface area contributed by atoms with Gasteiger partial charge in [0.1, 0.15) is 5.69 Å². The second-order valence-electron chi connectivity index (χ2n) is 7.78. The van der Waals surface area contributed by atoms with E-state index in [1.165, 1.54) is 6.07 Å². The fourth-order valence-electron chi connectivity index (χ4n) is 3.69. The van der Waals surface area contributed by atoms with Crippen LogP contribution in [0.1, 0.15) is 30.9 Å². The van der Waals surface area contributed by atoms with Gasteiger partial charge < -0.3 is 20.9 Å². The first kappa shape index (κ1) is 24.5. The van der Waals surface area contributed by atoms with Crippen molar-refractivity contribution >= 4 is 28.0 Å². The molecule has 33 heavy (non-hydrogen) atoms. The number of benzene rings is 1. The third-order valence-corrected chi connectivity index (χ3v) is 5.44. The average Bonchev–Trinajstić information content (AvgIpc) is 2.79. The molecule has 0 atom stereocenters. The quantitative estimate of drug-likeness (QED) is 0.599. The molecule has 1 saturated heterocycles. The zero-order chi connectivity index (χ0) is 24.2. The summed E-state index contributed by atoms with van der Waals surface area (Å²) in [6, 6.07) is 8.38. The van der Waals surface area contributed by atoms with Gasteiger partial charge in [0.25, 0.3) is 0 Å². The number of piperazine rings is 1. The lowest BCUT2D eigenvalue weighted by molar-refractivity contribution is -0.141. The third kappa shape index (κ3) is 5.81. The van der Waals surface area contributed by atoms with Crippen LogP contribution in [0.25, 0.3) is 10.8 Å². The van der Waals surface area contributed by atoms with Crippen molar-refractivity contribution in [2.24, 2.45) is 0 Å². The molecule has 3 N–H and O–H groups in total. The Balaban J connectivity index is 0.00000149. The summed E-state index contributed by atoms with van der Waals surface area (Å²) < 4.78 is 39.1. The van der Waals surface area contributed by atoms with Gasteiger partial charge in [0.05, 0.1) is 17.9 Å². The first-order valence-corrected chi connectivity index (χ1v) is 11.0. The largest absolute Gasteiger partial charge is 0.433 e. The van der Waals surface area contributed by atoms with Gasteiger partial charge in [-0.1, -0.05) is 19.9 Å². The van der Waals surface area contributed by atoms with E-state index in [4.69, 9.17) is 5.73 Å². The molecule has 0 saturated carbocycles. The number of aryl methyl sites for hydroxylation is 1. The molecule has 178 valence electrons. The SMILES string of the molecule is CC.Cc1nnc(NCc2cc(N)cc(C(F)(F)F)n2)c2cc(N3CCN(C)CC3)ccc12. The molecule has 1 aromatic carbocycles. The van der Waals surface area contributed by atoms with Crippen LogP contribution in [0.5, 0.6) is 0 Å². The van der Waals surface area contributed by atoms with Gasteiger partial charge in [-0.25, -0.2) is 4.98 Å². The van der Waals surface area contributed by atoms with Gasteiger partial charge in [-0.3, -0.25) is 0 Å². The number of hydrogen-bond donors (Lipinski definition) is 2. The highest BCUT2D eigenvalue weighted by molar-refractivity contribution is 5.95. The van der Waals surface area contributed by atoms with Crippen LogP contribution in [0.4, 0.5) is 30.4 Å². The van der Waals surface area contributed by atoms with Crippen LogP contribution >= 0.6 is 0 Å². The molecule has 1 fully saturated rings. The number of nitrogens with two attached hydrogens (primary N) is 1. The Morgan fingerprint density at radius 1 is 1.00 bits per heavy atom. The van der Waals surface area contributed by atoms with E-state index in [9.17, 15) is 13.2 Å². The molecule has 0 aliphatic carbocycles. The number of halogens is 3. The fourth-order valence-corrected chi connectivity index (χ4v) is 3.69. The third-order valence-electron chi connectivity index (χ3n) is 5.44. The molecule has 10 heteroatoms. The molecule has 7 nitrogen and oxygen atoms in total. The van der Waals surface area contributed by atoms with Crippen molar-refractivity contribution in [1.82, 2.24) is 20.1 Å². The maximum atomic E-state index is 13.0. The topological polar surface area (TPSA) is 83.2 Å². The number of rotatable bonds is 4. The van der Waals surface area contributed by atoms with Crippen molar-refractivity contribution in [3.05, 3.63) is 47.4 Å². The van der Waals surface area contributed by atoms with Crippen LogP contribution < -0.4 is 16.0 Å². The van der Waals surface area contributed by atoms with E-state index >= 15 is 0 Å². The van der Waals surface area contributed by atoms with E-state index in [-0.39, 0.29) is 17.9 Å². The highest BCUT2D eigenvalue weighted by atomic mass is 19.4. The summed E-state index contributed by atoms with van der Waals surface area (Å²) >= 11 is 0. The van der Waals surface area contributed by atoms with Gasteiger partial charge in [-0.2, -0.15) is 18.3 Å². The van der Waals surface area contributed by atoms with Gasteiger partial charge in [0.2, 0.25) is 0 Å². The number of hydrogen-bond acceptors (Lipinski definition) is 7. The maximum absolute atomic E-state index is 13.0. The smallest absolute Gasteiger partial charge is 0.399 e. The van der Waals surface area contributed by atoms with E-state index in [1.54, 1.807) is 0 Å². The van der Waals surface area contributed by atoms with Crippen LogP contribution in [0.2, 0.25) is 0 Å². The number of likely N-dealkylation sites (N-methyl/N-ethyl adjacent to an activating group) is 1. The molecule has 0 amide bonds. The van der Waals surface area contributed by atoms with E-state index in [0.717, 1.165) is 54.4 Å². The summed E-state index contributed by atoms with van der Waals surface area (Å²) in [5, 5.41) is 13.3. The average molecular weight is 462 g/mol. The van der Waals surface area contributed by atoms with Gasteiger partial charge in [-0.15, -0.1) is 5.10 Å². The van der Waals surface area contributed by atoms with Gasteiger partial charge in [0.15, 0.2) is 5.82 Å². The minimum absolute atomic E-state index is 0.0105. The number of nitrogen functional groups attached to an aromatic ring is 1. The lowest BCUT2D eigenvalue weighted by Crippen LogP contribution is -2.44. The molecule has 0 spiro atoms. The van der Waals surface area contributed by atoms with Crippen LogP contribution in [0.15, 0.2) is 30.3 Å². The number of nitrogens with zero attached hydrogens (tertiary/aromatic N) is 5. The predicted octanol–water partition coefficient (Wildman–Crippen LogP) is 4.32. The summed E-state index contributed by atoms with van der Waals surface area (Å²) in [6.07, 6.45) is -4.56. The van der Waals surface area contributed by atoms with Crippen molar-refractivity contribution in [3.8, 4) is 0 Å². The molecule has 0 radical (unpaired) electrons. The van der Waals surface area contributed by atoms with Crippen molar-refractivity contribution in [2.75, 3.05) is 49.2 Å². The summed E-state index contributed by atoms with van der Waals surface area (Å²) in [5.74, 6) is 0.495. The van der Waals surface area contributed by atoms with Crippen molar-refractivity contribution in [3.63, 3.8) is 0 Å². The van der Waals surface area contributed by atoms with E-state index < -0.39 is 11.9 Å². The van der Waals surface area contributed by atoms with Crippen LogP contribution in [0, 0.1) is 6.92 Å². The van der Waals surface area contributed by atoms with Crippen LogP contribution in [-0.4, -0.2) is 53.3 Å². The van der Waals surface area contributed by atoms with Crippen molar-refractivity contribution < 1.29 is 13.2 Å². The van der Waals surface area contributed by atoms with E-state index in [2.05, 4.69) is 49.5 Å². The molecular formula is C23H30F3N7. The number of alkyl halides is 3. The second kappa shape index (κ2) is 10.2. The molecule has 4 rings (SSSR count). The number of fused-ring (bicyclic) bond motifs is 1. The fraction of sp³-hybridized carbons (Fsp3) is 0.435. The number of pyridine rings is 1. The molecule has 3 aromatic rings. The normalized spacial score (nSPS) is 14.7. The Bertz CT molecular complexity index is 1090. The van der Waals surface area contributed by atoms with E-state index in [1.807, 2.05) is 26.8 Å². The summed E-state index contributed by atoms with van der Waals surface area (Å²) in [6.45, 7) is 9.74. The summed E-state index contributed by atoms with van der Waals surface area (Å²) in [5.41, 5.74) is 6.68. The van der Waals surface area contributed by atoms with E-state index in [0.29, 0.717) is 5.82 Å². The molecule has 1 aliphatic rings. The van der Waals surface area contributed by atoms with Gasteiger partial charge in [0, 0.05) is 48.3 Å². The highest BCUT2D eigenvalue weighted by Gasteiger charge is 2.33. The minimum Gasteiger partial charge on any atom is -0.399 e. The second-order valence-corrected chi connectivity index (χ2v) is 7.78. The Morgan fingerprint density at radius 2 is 1.70 bits per heavy atom. The Hall–Kier alpha value is -3.14. The van der Waals surface area contributed by atoms with Gasteiger partial charge >= 0.3 is 6.18 Å². The van der Waals surface area contributed by atoms with Crippen LogP contribution in [0.3, 0.4) is 0 Å². The molecule has 2 aromatic heterocycles. The Kier molecular flexibility index (Phi) is 7.57. The summed E-state index contributed by atoms with van der Waals surface area (Å²) in [7, 11) is 2.10. The Labute approximate surface area is 191 Å². The highest BCUT2D eigenvalue weighted by Crippen LogP contribution is 2.31. The Morgan fingerprint density at radius 3 is 2.36 bits per heavy atom. The minimum atomic E-state index is -4.56. The van der Waals surface area contributed by atoms with Gasteiger partial charge in [-0.05, 0) is 38.2 Å². The lowest BCUT2D eigenvalue weighted by Gasteiger charge is -2.34. The standard InChI is InChI=1S/C21H24F3N7.C2H6/c1-13-17-4-3-16(31-7-5-30(2)6-8-31)11-18(17)20(29-28-13)26-12-15-9-14(25)10-19(27-15)21(22,23)24;1-2/h3-4,9-11H,5-8,12H2,1-2H3,(H2,25,27)(H,26,29);1-2H3. The number of nitrogens with one attached hydrogen (secondary N) is 1. The maximum Gasteiger partial charge on any atom is 0.433 e. The van der Waals surface area contributed by atoms with Crippen molar-refractivity contribution in [2.45, 2.75) is 33.5 Å². The number of anilines is 3. The molecule has 3 heterocycles. The molecule has 0 unspecified atom stereocenters. The van der Waals surface area contributed by atoms with Crippen LogP contribution in [-0.2, 0) is 12.7 Å². The van der Waals surface area contributed by atoms with Crippen molar-refractivity contribution in [1.29, 1.82) is 0 Å². The zero-order valence-corrected chi connectivity index (χ0v) is 19.4. The first-order valence-electron chi connectivity index (χ1n) is 11.0. The number of aromatic nitrogens is 3. The predicted molar refractivity (Wildman–Crippen MR) is 126 cm³/mol. The molecular weight excluding hydrogens is 431 g/mol. The zero-order valence-electron chi connectivity index (χ0n) is 19.4.